The molecule has 0 atom stereocenters. The van der Waals surface area contributed by atoms with E-state index in [0.717, 1.165) is 40.8 Å². The summed E-state index contributed by atoms with van der Waals surface area (Å²) in [4.78, 5) is 19.3. The van der Waals surface area contributed by atoms with Crippen molar-refractivity contribution < 1.29 is 4.79 Å². The quantitative estimate of drug-likeness (QED) is 0.594. The van der Waals surface area contributed by atoms with E-state index in [2.05, 4.69) is 50.9 Å². The average molecular weight is 429 g/mol. The number of halogens is 1. The van der Waals surface area contributed by atoms with E-state index < -0.39 is 0 Å². The Hall–Kier alpha value is -2.18. The van der Waals surface area contributed by atoms with Gasteiger partial charge in [-0.2, -0.15) is 0 Å². The zero-order chi connectivity index (χ0) is 19.2. The number of aryl methyl sites for hydroxylation is 1. The molecule has 1 aromatic heterocycles. The van der Waals surface area contributed by atoms with Gasteiger partial charge >= 0.3 is 0 Å². The summed E-state index contributed by atoms with van der Waals surface area (Å²) in [5, 5.41) is 3.00. The van der Waals surface area contributed by atoms with Gasteiger partial charge in [-0.25, -0.2) is 4.98 Å². The SMILES string of the molecule is CN(C)CCCn1c(CCNC(=O)c2ccc(Br)cc2)nc2ccccc21. The van der Waals surface area contributed by atoms with Gasteiger partial charge in [0.05, 0.1) is 11.0 Å². The standard InChI is InChI=1S/C21H25BrN4O/c1-25(2)14-5-15-26-19-7-4-3-6-18(19)24-20(26)12-13-23-21(27)16-8-10-17(22)11-9-16/h3-4,6-11H,5,12-15H2,1-2H3,(H,23,27). The molecule has 0 aliphatic rings. The van der Waals surface area contributed by atoms with Crippen molar-refractivity contribution in [2.24, 2.45) is 0 Å². The highest BCUT2D eigenvalue weighted by Crippen LogP contribution is 2.17. The number of aromatic nitrogens is 2. The summed E-state index contributed by atoms with van der Waals surface area (Å²) in [5.41, 5.74) is 2.83. The predicted molar refractivity (Wildman–Crippen MR) is 113 cm³/mol. The van der Waals surface area contributed by atoms with Crippen molar-refractivity contribution in [1.82, 2.24) is 19.8 Å². The van der Waals surface area contributed by atoms with Gasteiger partial charge in [-0.1, -0.05) is 28.1 Å². The molecule has 0 spiro atoms. The van der Waals surface area contributed by atoms with Crippen LogP contribution in [0.3, 0.4) is 0 Å². The van der Waals surface area contributed by atoms with E-state index in [1.807, 2.05) is 42.5 Å². The molecule has 1 amide bonds. The third-order valence-corrected chi connectivity index (χ3v) is 4.99. The van der Waals surface area contributed by atoms with Crippen LogP contribution in [0.2, 0.25) is 0 Å². The number of nitrogens with one attached hydrogen (secondary N) is 1. The highest BCUT2D eigenvalue weighted by atomic mass is 79.9. The van der Waals surface area contributed by atoms with Crippen molar-refractivity contribution in [3.05, 3.63) is 64.4 Å². The zero-order valence-electron chi connectivity index (χ0n) is 15.8. The molecule has 0 bridgehead atoms. The van der Waals surface area contributed by atoms with E-state index in [-0.39, 0.29) is 5.91 Å². The molecule has 27 heavy (non-hydrogen) atoms. The maximum atomic E-state index is 12.3. The third-order valence-electron chi connectivity index (χ3n) is 4.46. The van der Waals surface area contributed by atoms with E-state index in [1.165, 1.54) is 0 Å². The second-order valence-electron chi connectivity index (χ2n) is 6.84. The summed E-state index contributed by atoms with van der Waals surface area (Å²) in [6.45, 7) is 2.52. The second-order valence-corrected chi connectivity index (χ2v) is 7.75. The number of hydrogen-bond acceptors (Lipinski definition) is 3. The summed E-state index contributed by atoms with van der Waals surface area (Å²) in [7, 11) is 4.18. The molecule has 0 aliphatic carbocycles. The summed E-state index contributed by atoms with van der Waals surface area (Å²) >= 11 is 3.39. The largest absolute Gasteiger partial charge is 0.352 e. The van der Waals surface area contributed by atoms with E-state index in [0.29, 0.717) is 18.5 Å². The molecule has 5 nitrogen and oxygen atoms in total. The van der Waals surface area contributed by atoms with Gasteiger partial charge in [0.1, 0.15) is 5.82 Å². The summed E-state index contributed by atoms with van der Waals surface area (Å²) < 4.78 is 3.25. The smallest absolute Gasteiger partial charge is 0.251 e. The van der Waals surface area contributed by atoms with Gasteiger partial charge in [-0.05, 0) is 63.5 Å². The van der Waals surface area contributed by atoms with Crippen molar-refractivity contribution >= 4 is 32.9 Å². The molecule has 3 rings (SSSR count). The number of amides is 1. The number of fused-ring (bicyclic) bond motifs is 1. The Kier molecular flexibility index (Phi) is 6.63. The summed E-state index contributed by atoms with van der Waals surface area (Å²) in [6.07, 6.45) is 1.77. The second kappa shape index (κ2) is 9.15. The fourth-order valence-electron chi connectivity index (χ4n) is 3.10. The van der Waals surface area contributed by atoms with Crippen LogP contribution in [0, 0.1) is 0 Å². The number of benzene rings is 2. The van der Waals surface area contributed by atoms with Crippen molar-refractivity contribution in [3.8, 4) is 0 Å². The molecule has 0 radical (unpaired) electrons. The van der Waals surface area contributed by atoms with Crippen molar-refractivity contribution in [1.29, 1.82) is 0 Å². The van der Waals surface area contributed by atoms with Crippen LogP contribution in [-0.2, 0) is 13.0 Å². The number of rotatable bonds is 8. The van der Waals surface area contributed by atoms with Gasteiger partial charge < -0.3 is 14.8 Å². The number of nitrogens with zero attached hydrogens (tertiary/aromatic N) is 3. The molecule has 0 aliphatic heterocycles. The maximum absolute atomic E-state index is 12.3. The minimum Gasteiger partial charge on any atom is -0.352 e. The van der Waals surface area contributed by atoms with Gasteiger partial charge in [0.2, 0.25) is 0 Å². The Balaban J connectivity index is 1.66. The van der Waals surface area contributed by atoms with Crippen LogP contribution in [0.15, 0.2) is 53.0 Å². The first kappa shape index (κ1) is 19.6. The average Bonchev–Trinajstić information content (AvgIpc) is 3.00. The summed E-state index contributed by atoms with van der Waals surface area (Å²) in [5.74, 6) is 0.962. The first-order chi connectivity index (χ1) is 13.0. The van der Waals surface area contributed by atoms with E-state index in [9.17, 15) is 4.79 Å². The Morgan fingerprint density at radius 1 is 1.15 bits per heavy atom. The molecule has 3 aromatic rings. The van der Waals surface area contributed by atoms with Gasteiger partial charge in [0, 0.05) is 29.5 Å². The molecular formula is C21H25BrN4O. The first-order valence-electron chi connectivity index (χ1n) is 9.17. The van der Waals surface area contributed by atoms with Gasteiger partial charge in [-0.15, -0.1) is 0 Å². The highest BCUT2D eigenvalue weighted by Gasteiger charge is 2.11. The van der Waals surface area contributed by atoms with E-state index in [1.54, 1.807) is 0 Å². The lowest BCUT2D eigenvalue weighted by atomic mass is 10.2. The van der Waals surface area contributed by atoms with Crippen LogP contribution < -0.4 is 5.32 Å². The van der Waals surface area contributed by atoms with Crippen LogP contribution in [0.25, 0.3) is 11.0 Å². The third kappa shape index (κ3) is 5.17. The lowest BCUT2D eigenvalue weighted by molar-refractivity contribution is 0.0954. The number of hydrogen-bond donors (Lipinski definition) is 1. The van der Waals surface area contributed by atoms with Crippen LogP contribution >= 0.6 is 15.9 Å². The maximum Gasteiger partial charge on any atom is 0.251 e. The lowest BCUT2D eigenvalue weighted by Gasteiger charge is -2.13. The van der Waals surface area contributed by atoms with Gasteiger partial charge in [-0.3, -0.25) is 4.79 Å². The molecule has 0 fully saturated rings. The van der Waals surface area contributed by atoms with Gasteiger partial charge in [0.25, 0.3) is 5.91 Å². The topological polar surface area (TPSA) is 50.2 Å². The number of carbonyl (C=O) groups excluding carboxylic acids is 1. The van der Waals surface area contributed by atoms with Crippen LogP contribution in [0.5, 0.6) is 0 Å². The number of carbonyl (C=O) groups is 1. The van der Waals surface area contributed by atoms with Crippen molar-refractivity contribution in [3.63, 3.8) is 0 Å². The number of para-hydroxylation sites is 2. The van der Waals surface area contributed by atoms with Crippen LogP contribution in [-0.4, -0.2) is 47.5 Å². The van der Waals surface area contributed by atoms with E-state index >= 15 is 0 Å². The molecule has 6 heteroatoms. The zero-order valence-corrected chi connectivity index (χ0v) is 17.4. The molecule has 0 saturated carbocycles. The molecule has 0 unspecified atom stereocenters. The fraction of sp³-hybridized carbons (Fsp3) is 0.333. The normalized spacial score (nSPS) is 11.3. The van der Waals surface area contributed by atoms with Crippen LogP contribution in [0.1, 0.15) is 22.6 Å². The molecule has 1 N–H and O–H groups in total. The number of imidazole rings is 1. The Morgan fingerprint density at radius 3 is 2.63 bits per heavy atom. The Labute approximate surface area is 168 Å². The Bertz CT molecular complexity index is 902. The molecule has 142 valence electrons. The molecule has 1 heterocycles. The highest BCUT2D eigenvalue weighted by molar-refractivity contribution is 9.10. The van der Waals surface area contributed by atoms with Gasteiger partial charge in [0.15, 0.2) is 0 Å². The van der Waals surface area contributed by atoms with Crippen LogP contribution in [0.4, 0.5) is 0 Å². The minimum atomic E-state index is -0.0576. The van der Waals surface area contributed by atoms with Crippen molar-refractivity contribution in [2.45, 2.75) is 19.4 Å². The minimum absolute atomic E-state index is 0.0576. The summed E-state index contributed by atoms with van der Waals surface area (Å²) in [6, 6.07) is 15.6. The molecular weight excluding hydrogens is 404 g/mol. The first-order valence-corrected chi connectivity index (χ1v) is 9.96. The molecule has 0 saturated heterocycles. The van der Waals surface area contributed by atoms with E-state index in [4.69, 9.17) is 4.98 Å². The fourth-order valence-corrected chi connectivity index (χ4v) is 3.37. The Morgan fingerprint density at radius 2 is 1.89 bits per heavy atom. The monoisotopic (exact) mass is 428 g/mol. The lowest BCUT2D eigenvalue weighted by Crippen LogP contribution is -2.26. The molecule has 2 aromatic carbocycles. The predicted octanol–water partition coefficient (Wildman–Crippen LogP) is 3.72. The van der Waals surface area contributed by atoms with Crippen molar-refractivity contribution in [2.75, 3.05) is 27.2 Å².